The van der Waals surface area contributed by atoms with Gasteiger partial charge in [-0.05, 0) is 36.1 Å². The lowest BCUT2D eigenvalue weighted by molar-refractivity contribution is -0.120. The molecule has 0 fully saturated rings. The molecule has 6 heteroatoms. The van der Waals surface area contributed by atoms with Crippen LogP contribution in [0.5, 0.6) is 0 Å². The molecule has 0 bridgehead atoms. The second-order valence-corrected chi connectivity index (χ2v) is 6.62. The number of aromatic nitrogens is 1. The van der Waals surface area contributed by atoms with Gasteiger partial charge in [-0.1, -0.05) is 36.4 Å². The van der Waals surface area contributed by atoms with Crippen molar-refractivity contribution in [2.45, 2.75) is 18.9 Å². The number of carbonyl (C=O) groups excluding carboxylic acids is 2. The molecule has 1 aliphatic rings. The fourth-order valence-electron chi connectivity index (χ4n) is 3.54. The number of rotatable bonds is 4. The van der Waals surface area contributed by atoms with Crippen molar-refractivity contribution in [2.24, 2.45) is 0 Å². The number of benzene rings is 2. The third-order valence-electron chi connectivity index (χ3n) is 4.91. The standard InChI is InChI=1S/C21H19N3O3/c25-19(24-18-10-9-13-5-1-2-6-14(13)18)12-23-21(27)16-11-22-17-8-4-3-7-15(17)20(16)26/h1-8,11,18H,9-10,12H2,(H,22,26)(H,23,27)(H,24,25). The van der Waals surface area contributed by atoms with Gasteiger partial charge in [0.05, 0.1) is 12.6 Å². The fraction of sp³-hybridized carbons (Fsp3) is 0.190. The van der Waals surface area contributed by atoms with Crippen LogP contribution in [-0.4, -0.2) is 23.3 Å². The summed E-state index contributed by atoms with van der Waals surface area (Å²) in [6, 6.07) is 15.0. The predicted octanol–water partition coefficient (Wildman–Crippen LogP) is 2.06. The molecule has 136 valence electrons. The Hall–Kier alpha value is -3.41. The van der Waals surface area contributed by atoms with E-state index in [0.717, 1.165) is 18.4 Å². The van der Waals surface area contributed by atoms with E-state index in [1.54, 1.807) is 18.2 Å². The second-order valence-electron chi connectivity index (χ2n) is 6.62. The first-order valence-corrected chi connectivity index (χ1v) is 8.89. The number of amides is 2. The number of nitrogens with one attached hydrogen (secondary N) is 3. The smallest absolute Gasteiger partial charge is 0.257 e. The van der Waals surface area contributed by atoms with Crippen LogP contribution in [-0.2, 0) is 11.2 Å². The lowest BCUT2D eigenvalue weighted by atomic mass is 10.1. The van der Waals surface area contributed by atoms with E-state index in [4.69, 9.17) is 0 Å². The molecule has 2 aromatic carbocycles. The first kappa shape index (κ1) is 17.0. The average molecular weight is 361 g/mol. The topological polar surface area (TPSA) is 91.1 Å². The largest absolute Gasteiger partial charge is 0.360 e. The maximum atomic E-state index is 12.4. The summed E-state index contributed by atoms with van der Waals surface area (Å²) < 4.78 is 0. The highest BCUT2D eigenvalue weighted by Gasteiger charge is 2.23. The van der Waals surface area contributed by atoms with Crippen molar-refractivity contribution >= 4 is 22.7 Å². The molecule has 4 rings (SSSR count). The van der Waals surface area contributed by atoms with E-state index in [0.29, 0.717) is 10.9 Å². The van der Waals surface area contributed by atoms with Crippen molar-refractivity contribution < 1.29 is 9.59 Å². The van der Waals surface area contributed by atoms with Gasteiger partial charge in [0.1, 0.15) is 5.56 Å². The predicted molar refractivity (Wildman–Crippen MR) is 103 cm³/mol. The van der Waals surface area contributed by atoms with Crippen LogP contribution in [0.3, 0.4) is 0 Å². The van der Waals surface area contributed by atoms with Crippen LogP contribution in [0.15, 0.2) is 59.5 Å². The van der Waals surface area contributed by atoms with Crippen molar-refractivity contribution in [3.63, 3.8) is 0 Å². The van der Waals surface area contributed by atoms with E-state index in [9.17, 15) is 14.4 Å². The number of para-hydroxylation sites is 1. The molecule has 2 amide bonds. The molecule has 1 aromatic heterocycles. The van der Waals surface area contributed by atoms with Gasteiger partial charge in [-0.15, -0.1) is 0 Å². The Morgan fingerprint density at radius 1 is 1.07 bits per heavy atom. The minimum Gasteiger partial charge on any atom is -0.360 e. The van der Waals surface area contributed by atoms with Crippen LogP contribution in [0.4, 0.5) is 0 Å². The molecule has 1 aliphatic carbocycles. The highest BCUT2D eigenvalue weighted by molar-refractivity contribution is 5.98. The van der Waals surface area contributed by atoms with Crippen LogP contribution >= 0.6 is 0 Å². The van der Waals surface area contributed by atoms with Crippen molar-refractivity contribution in [1.29, 1.82) is 0 Å². The SMILES string of the molecule is O=C(CNC(=O)c1c[nH]c2ccccc2c1=O)NC1CCc2ccccc21. The van der Waals surface area contributed by atoms with Gasteiger partial charge in [-0.3, -0.25) is 14.4 Å². The maximum Gasteiger partial charge on any atom is 0.257 e. The van der Waals surface area contributed by atoms with Crippen LogP contribution in [0.1, 0.15) is 33.9 Å². The summed E-state index contributed by atoms with van der Waals surface area (Å²) in [7, 11) is 0. The van der Waals surface area contributed by atoms with Crippen molar-refractivity contribution in [2.75, 3.05) is 6.54 Å². The highest BCUT2D eigenvalue weighted by Crippen LogP contribution is 2.30. The molecule has 1 unspecified atom stereocenters. The molecule has 0 saturated heterocycles. The average Bonchev–Trinajstić information content (AvgIpc) is 3.09. The Kier molecular flexibility index (Phi) is 4.46. The normalized spacial score (nSPS) is 15.3. The minimum absolute atomic E-state index is 0.00675. The highest BCUT2D eigenvalue weighted by atomic mass is 16.2. The van der Waals surface area contributed by atoms with Crippen molar-refractivity contribution in [1.82, 2.24) is 15.6 Å². The quantitative estimate of drug-likeness (QED) is 0.664. The Bertz CT molecular complexity index is 1090. The van der Waals surface area contributed by atoms with Gasteiger partial charge in [0.2, 0.25) is 11.3 Å². The Balaban J connectivity index is 1.40. The van der Waals surface area contributed by atoms with Gasteiger partial charge in [-0.25, -0.2) is 0 Å². The third kappa shape index (κ3) is 3.33. The van der Waals surface area contributed by atoms with Crippen LogP contribution in [0.2, 0.25) is 0 Å². The Morgan fingerprint density at radius 3 is 2.74 bits per heavy atom. The summed E-state index contributed by atoms with van der Waals surface area (Å²) in [6.07, 6.45) is 3.16. The van der Waals surface area contributed by atoms with E-state index >= 15 is 0 Å². The maximum absolute atomic E-state index is 12.4. The summed E-state index contributed by atoms with van der Waals surface area (Å²) in [5.74, 6) is -0.841. The first-order chi connectivity index (χ1) is 13.1. The molecule has 1 atom stereocenters. The molecule has 3 aromatic rings. The van der Waals surface area contributed by atoms with Gasteiger partial charge in [0.15, 0.2) is 0 Å². The zero-order valence-corrected chi connectivity index (χ0v) is 14.6. The molecule has 1 heterocycles. The van der Waals surface area contributed by atoms with Crippen LogP contribution in [0, 0.1) is 0 Å². The van der Waals surface area contributed by atoms with Crippen LogP contribution < -0.4 is 16.1 Å². The lowest BCUT2D eigenvalue weighted by Gasteiger charge is -2.14. The Labute approximate surface area is 155 Å². The number of aryl methyl sites for hydroxylation is 1. The summed E-state index contributed by atoms with van der Waals surface area (Å²) in [6.45, 7) is -0.177. The zero-order valence-electron chi connectivity index (χ0n) is 14.6. The van der Waals surface area contributed by atoms with E-state index < -0.39 is 5.91 Å². The molecular weight excluding hydrogens is 342 g/mol. The summed E-state index contributed by atoms with van der Waals surface area (Å²) in [4.78, 5) is 40.0. The minimum atomic E-state index is -0.566. The fourth-order valence-corrected chi connectivity index (χ4v) is 3.54. The number of hydrogen-bond donors (Lipinski definition) is 3. The van der Waals surface area contributed by atoms with E-state index in [2.05, 4.69) is 21.7 Å². The van der Waals surface area contributed by atoms with Crippen LogP contribution in [0.25, 0.3) is 10.9 Å². The number of pyridine rings is 1. The molecule has 0 radical (unpaired) electrons. The molecular formula is C21H19N3O3. The molecule has 0 saturated carbocycles. The van der Waals surface area contributed by atoms with E-state index in [-0.39, 0.29) is 29.5 Å². The van der Waals surface area contributed by atoms with Crippen molar-refractivity contribution in [3.05, 3.63) is 81.6 Å². The Morgan fingerprint density at radius 2 is 1.85 bits per heavy atom. The number of hydrogen-bond acceptors (Lipinski definition) is 3. The van der Waals surface area contributed by atoms with Gasteiger partial charge in [0, 0.05) is 17.1 Å². The number of aromatic amines is 1. The number of fused-ring (bicyclic) bond motifs is 2. The van der Waals surface area contributed by atoms with Gasteiger partial charge < -0.3 is 15.6 Å². The van der Waals surface area contributed by atoms with Gasteiger partial charge in [-0.2, -0.15) is 0 Å². The molecule has 3 N–H and O–H groups in total. The number of H-pyrrole nitrogens is 1. The van der Waals surface area contributed by atoms with Gasteiger partial charge >= 0.3 is 0 Å². The zero-order chi connectivity index (χ0) is 18.8. The monoisotopic (exact) mass is 361 g/mol. The molecule has 27 heavy (non-hydrogen) atoms. The lowest BCUT2D eigenvalue weighted by Crippen LogP contribution is -2.39. The van der Waals surface area contributed by atoms with E-state index in [1.807, 2.05) is 24.3 Å². The second kappa shape index (κ2) is 7.07. The third-order valence-corrected chi connectivity index (χ3v) is 4.91. The van der Waals surface area contributed by atoms with E-state index in [1.165, 1.54) is 11.8 Å². The molecule has 0 spiro atoms. The molecule has 0 aliphatic heterocycles. The molecule has 6 nitrogen and oxygen atoms in total. The number of carbonyl (C=O) groups is 2. The van der Waals surface area contributed by atoms with Crippen molar-refractivity contribution in [3.8, 4) is 0 Å². The first-order valence-electron chi connectivity index (χ1n) is 8.89. The van der Waals surface area contributed by atoms with Gasteiger partial charge in [0.25, 0.3) is 5.91 Å². The summed E-state index contributed by atoms with van der Waals surface area (Å²) in [5, 5.41) is 5.92. The summed E-state index contributed by atoms with van der Waals surface area (Å²) in [5.41, 5.74) is 2.68. The summed E-state index contributed by atoms with van der Waals surface area (Å²) >= 11 is 0.